The summed E-state index contributed by atoms with van der Waals surface area (Å²) in [4.78, 5) is 47.8. The van der Waals surface area contributed by atoms with Crippen LogP contribution in [0.2, 0.25) is 0 Å². The van der Waals surface area contributed by atoms with E-state index in [9.17, 15) is 24.5 Å². The van der Waals surface area contributed by atoms with Crippen molar-refractivity contribution in [2.24, 2.45) is 0 Å². The van der Waals surface area contributed by atoms with Gasteiger partial charge in [0.05, 0.1) is 10.2 Å². The number of carbonyl (C=O) groups is 3. The second-order valence-electron chi connectivity index (χ2n) is 5.88. The van der Waals surface area contributed by atoms with Gasteiger partial charge in [0.15, 0.2) is 0 Å². The minimum absolute atomic E-state index is 0.0847. The fraction of sp³-hybridized carbons (Fsp3) is 0.167. The topological polar surface area (TPSA) is 110 Å². The summed E-state index contributed by atoms with van der Waals surface area (Å²) < 4.78 is 0. The van der Waals surface area contributed by atoms with Crippen LogP contribution < -0.4 is 5.32 Å². The van der Waals surface area contributed by atoms with E-state index in [0.717, 1.165) is 9.80 Å². The van der Waals surface area contributed by atoms with E-state index < -0.39 is 10.2 Å². The standard InChI is InChI=1S/C18H15N3O5S/c1-20-16(22)10-15(18(20)24)27-14-8-4-12(5-9-14)19-17(23)11-2-6-13(7-3-11)21(25)26/h2-9,15H,10H2,1H3,(H,19,23). The number of amides is 3. The number of non-ortho nitro benzene ring substituents is 1. The second kappa shape index (κ2) is 7.58. The maximum absolute atomic E-state index is 12.2. The van der Waals surface area contributed by atoms with Crippen molar-refractivity contribution in [2.45, 2.75) is 16.6 Å². The number of hydrogen-bond donors (Lipinski definition) is 1. The van der Waals surface area contributed by atoms with Crippen LogP contribution in [0.4, 0.5) is 11.4 Å². The number of likely N-dealkylation sites (tertiary alicyclic amines) is 1. The number of nitrogens with one attached hydrogen (secondary N) is 1. The lowest BCUT2D eigenvalue weighted by Gasteiger charge is -2.10. The van der Waals surface area contributed by atoms with Crippen LogP contribution in [0.5, 0.6) is 0 Å². The number of rotatable bonds is 5. The van der Waals surface area contributed by atoms with E-state index in [-0.39, 0.29) is 29.8 Å². The zero-order chi connectivity index (χ0) is 19.6. The summed E-state index contributed by atoms with van der Waals surface area (Å²) in [6.45, 7) is 0. The molecule has 0 saturated carbocycles. The molecule has 3 amide bonds. The largest absolute Gasteiger partial charge is 0.322 e. The van der Waals surface area contributed by atoms with Gasteiger partial charge in [-0.15, -0.1) is 11.8 Å². The molecule has 1 N–H and O–H groups in total. The van der Waals surface area contributed by atoms with Gasteiger partial charge in [-0.25, -0.2) is 0 Å². The van der Waals surface area contributed by atoms with Crippen molar-refractivity contribution < 1.29 is 19.3 Å². The van der Waals surface area contributed by atoms with E-state index in [2.05, 4.69) is 5.32 Å². The van der Waals surface area contributed by atoms with Crippen LogP contribution in [0.3, 0.4) is 0 Å². The minimum atomic E-state index is -0.529. The zero-order valence-electron chi connectivity index (χ0n) is 14.2. The van der Waals surface area contributed by atoms with Crippen molar-refractivity contribution in [1.82, 2.24) is 4.90 Å². The summed E-state index contributed by atoms with van der Waals surface area (Å²) in [6.07, 6.45) is 0.179. The SMILES string of the molecule is CN1C(=O)CC(Sc2ccc(NC(=O)c3ccc([N+](=O)[O-])cc3)cc2)C1=O. The molecular formula is C18H15N3O5S. The summed E-state index contributed by atoms with van der Waals surface area (Å²) in [5.41, 5.74) is 0.768. The molecule has 2 aromatic rings. The normalized spacial score (nSPS) is 16.5. The van der Waals surface area contributed by atoms with Gasteiger partial charge in [-0.05, 0) is 36.4 Å². The average molecular weight is 385 g/mol. The lowest BCUT2D eigenvalue weighted by molar-refractivity contribution is -0.384. The Labute approximate surface area is 158 Å². The summed E-state index contributed by atoms with van der Waals surface area (Å²) in [6, 6.07) is 12.2. The molecule has 1 aliphatic heterocycles. The first-order valence-corrected chi connectivity index (χ1v) is 8.86. The number of hydrogen-bond acceptors (Lipinski definition) is 6. The van der Waals surface area contributed by atoms with E-state index in [4.69, 9.17) is 0 Å². The predicted molar refractivity (Wildman–Crippen MR) is 99.5 cm³/mol. The number of nitro benzene ring substituents is 1. The third kappa shape index (κ3) is 4.14. The third-order valence-electron chi connectivity index (χ3n) is 4.07. The van der Waals surface area contributed by atoms with Crippen LogP contribution in [0.25, 0.3) is 0 Å². The lowest BCUT2D eigenvalue weighted by Crippen LogP contribution is -2.26. The fourth-order valence-electron chi connectivity index (χ4n) is 2.53. The summed E-state index contributed by atoms with van der Waals surface area (Å²) in [5, 5.41) is 12.9. The van der Waals surface area contributed by atoms with Crippen molar-refractivity contribution >= 4 is 40.9 Å². The highest BCUT2D eigenvalue weighted by Crippen LogP contribution is 2.31. The van der Waals surface area contributed by atoms with Crippen LogP contribution in [0.15, 0.2) is 53.4 Å². The molecule has 0 radical (unpaired) electrons. The quantitative estimate of drug-likeness (QED) is 0.481. The summed E-state index contributed by atoms with van der Waals surface area (Å²) >= 11 is 1.31. The molecule has 0 aromatic heterocycles. The van der Waals surface area contributed by atoms with E-state index >= 15 is 0 Å². The van der Waals surface area contributed by atoms with E-state index in [1.807, 2.05) is 0 Å². The fourth-order valence-corrected chi connectivity index (χ4v) is 3.64. The van der Waals surface area contributed by atoms with Gasteiger partial charge in [0, 0.05) is 41.7 Å². The molecule has 1 fully saturated rings. The number of carbonyl (C=O) groups excluding carboxylic acids is 3. The Kier molecular flexibility index (Phi) is 5.22. The molecule has 1 atom stereocenters. The molecule has 9 heteroatoms. The van der Waals surface area contributed by atoms with Crippen LogP contribution in [-0.2, 0) is 9.59 Å². The highest BCUT2D eigenvalue weighted by molar-refractivity contribution is 8.00. The molecule has 27 heavy (non-hydrogen) atoms. The number of thioether (sulfide) groups is 1. The van der Waals surface area contributed by atoms with Gasteiger partial charge in [-0.2, -0.15) is 0 Å². The predicted octanol–water partition coefficient (Wildman–Crippen LogP) is 2.70. The van der Waals surface area contributed by atoms with Crippen LogP contribution in [0.1, 0.15) is 16.8 Å². The molecule has 3 rings (SSSR count). The third-order valence-corrected chi connectivity index (χ3v) is 5.27. The summed E-state index contributed by atoms with van der Waals surface area (Å²) in [5.74, 6) is -0.784. The first-order valence-electron chi connectivity index (χ1n) is 7.98. The number of nitrogens with zero attached hydrogens (tertiary/aromatic N) is 2. The maximum Gasteiger partial charge on any atom is 0.269 e. The molecule has 138 valence electrons. The smallest absolute Gasteiger partial charge is 0.269 e. The lowest BCUT2D eigenvalue weighted by atomic mass is 10.2. The van der Waals surface area contributed by atoms with Crippen molar-refractivity contribution in [3.8, 4) is 0 Å². The van der Waals surface area contributed by atoms with Crippen LogP contribution in [-0.4, -0.2) is 39.8 Å². The number of benzene rings is 2. The molecule has 0 bridgehead atoms. The van der Waals surface area contributed by atoms with Gasteiger partial charge in [0.1, 0.15) is 0 Å². The molecular weight excluding hydrogens is 370 g/mol. The minimum Gasteiger partial charge on any atom is -0.322 e. The molecule has 8 nitrogen and oxygen atoms in total. The first kappa shape index (κ1) is 18.6. The Bertz CT molecular complexity index is 912. The van der Waals surface area contributed by atoms with E-state index in [0.29, 0.717) is 11.3 Å². The van der Waals surface area contributed by atoms with Gasteiger partial charge in [0.2, 0.25) is 11.8 Å². The van der Waals surface area contributed by atoms with Crippen molar-refractivity contribution in [1.29, 1.82) is 0 Å². The van der Waals surface area contributed by atoms with Gasteiger partial charge in [-0.3, -0.25) is 29.4 Å². The molecule has 1 unspecified atom stereocenters. The molecule has 1 aliphatic rings. The van der Waals surface area contributed by atoms with Crippen molar-refractivity contribution in [3.05, 3.63) is 64.2 Å². The number of anilines is 1. The Hall–Kier alpha value is -3.20. The molecule has 2 aromatic carbocycles. The Morgan fingerprint density at radius 1 is 1.15 bits per heavy atom. The highest BCUT2D eigenvalue weighted by atomic mass is 32.2. The maximum atomic E-state index is 12.2. The Morgan fingerprint density at radius 3 is 2.30 bits per heavy atom. The number of imide groups is 1. The molecule has 0 aliphatic carbocycles. The van der Waals surface area contributed by atoms with E-state index in [1.54, 1.807) is 24.3 Å². The average Bonchev–Trinajstić information content (AvgIpc) is 2.90. The van der Waals surface area contributed by atoms with Gasteiger partial charge < -0.3 is 5.32 Å². The molecule has 1 saturated heterocycles. The summed E-state index contributed by atoms with van der Waals surface area (Å²) in [7, 11) is 1.47. The Balaban J connectivity index is 1.62. The first-order chi connectivity index (χ1) is 12.8. The molecule has 0 spiro atoms. The zero-order valence-corrected chi connectivity index (χ0v) is 15.1. The second-order valence-corrected chi connectivity index (χ2v) is 7.16. The monoisotopic (exact) mass is 385 g/mol. The van der Waals surface area contributed by atoms with Crippen molar-refractivity contribution in [2.75, 3.05) is 12.4 Å². The van der Waals surface area contributed by atoms with Gasteiger partial charge in [0.25, 0.3) is 11.6 Å². The number of nitro groups is 1. The van der Waals surface area contributed by atoms with E-state index in [1.165, 1.54) is 43.1 Å². The highest BCUT2D eigenvalue weighted by Gasteiger charge is 2.36. The van der Waals surface area contributed by atoms with Crippen LogP contribution >= 0.6 is 11.8 Å². The Morgan fingerprint density at radius 2 is 1.78 bits per heavy atom. The van der Waals surface area contributed by atoms with Crippen LogP contribution in [0, 0.1) is 10.1 Å². The van der Waals surface area contributed by atoms with Gasteiger partial charge in [-0.1, -0.05) is 0 Å². The van der Waals surface area contributed by atoms with Gasteiger partial charge >= 0.3 is 0 Å². The molecule has 1 heterocycles. The van der Waals surface area contributed by atoms with Crippen molar-refractivity contribution in [3.63, 3.8) is 0 Å².